The SMILES string of the molecule is Cc1cccc2c1c(C)cn2Cc1ccccc1. The maximum atomic E-state index is 2.34. The van der Waals surface area contributed by atoms with Crippen molar-refractivity contribution in [1.82, 2.24) is 4.57 Å². The van der Waals surface area contributed by atoms with E-state index in [0.717, 1.165) is 6.54 Å². The molecule has 1 heteroatoms. The van der Waals surface area contributed by atoms with Gasteiger partial charge in [0.05, 0.1) is 0 Å². The number of nitrogens with zero attached hydrogens (tertiary/aromatic N) is 1. The van der Waals surface area contributed by atoms with Gasteiger partial charge in [-0.3, -0.25) is 0 Å². The lowest BCUT2D eigenvalue weighted by atomic mass is 10.1. The smallest absolute Gasteiger partial charge is 0.0488 e. The minimum absolute atomic E-state index is 0.939. The molecule has 0 radical (unpaired) electrons. The van der Waals surface area contributed by atoms with Crippen molar-refractivity contribution in [3.05, 3.63) is 71.4 Å². The summed E-state index contributed by atoms with van der Waals surface area (Å²) >= 11 is 0. The molecule has 1 aromatic heterocycles. The van der Waals surface area contributed by atoms with Crippen molar-refractivity contribution in [2.45, 2.75) is 20.4 Å². The van der Waals surface area contributed by atoms with Crippen molar-refractivity contribution in [1.29, 1.82) is 0 Å². The molecule has 1 heterocycles. The monoisotopic (exact) mass is 235 g/mol. The van der Waals surface area contributed by atoms with Gasteiger partial charge in [-0.2, -0.15) is 0 Å². The standard InChI is InChI=1S/C17H17N/c1-13-7-6-10-16-17(13)14(2)11-18(16)12-15-8-4-3-5-9-15/h3-11H,12H2,1-2H3. The van der Waals surface area contributed by atoms with Crippen LogP contribution >= 0.6 is 0 Å². The van der Waals surface area contributed by atoms with E-state index in [1.165, 1.54) is 27.6 Å². The average molecular weight is 235 g/mol. The van der Waals surface area contributed by atoms with Crippen LogP contribution in [0.4, 0.5) is 0 Å². The van der Waals surface area contributed by atoms with Gasteiger partial charge in [-0.05, 0) is 36.6 Å². The molecule has 3 rings (SSSR count). The first kappa shape index (κ1) is 11.1. The predicted octanol–water partition coefficient (Wildman–Crippen LogP) is 4.31. The Labute approximate surface area is 108 Å². The molecule has 0 fully saturated rings. The van der Waals surface area contributed by atoms with Crippen LogP contribution in [0.5, 0.6) is 0 Å². The zero-order valence-electron chi connectivity index (χ0n) is 10.9. The summed E-state index contributed by atoms with van der Waals surface area (Å²) in [6.07, 6.45) is 2.25. The van der Waals surface area contributed by atoms with Gasteiger partial charge in [0.2, 0.25) is 0 Å². The number of rotatable bonds is 2. The van der Waals surface area contributed by atoms with Crippen molar-refractivity contribution in [3.63, 3.8) is 0 Å². The van der Waals surface area contributed by atoms with Crippen LogP contribution in [-0.4, -0.2) is 4.57 Å². The third-order valence-electron chi connectivity index (χ3n) is 3.50. The van der Waals surface area contributed by atoms with Gasteiger partial charge in [0.1, 0.15) is 0 Å². The summed E-state index contributed by atoms with van der Waals surface area (Å²) in [6.45, 7) is 5.31. The lowest BCUT2D eigenvalue weighted by Crippen LogP contribution is -1.97. The molecule has 0 aliphatic rings. The second-order valence-corrected chi connectivity index (χ2v) is 4.89. The van der Waals surface area contributed by atoms with Crippen molar-refractivity contribution in [2.75, 3.05) is 0 Å². The molecule has 1 nitrogen and oxygen atoms in total. The number of benzene rings is 2. The topological polar surface area (TPSA) is 4.93 Å². The summed E-state index contributed by atoms with van der Waals surface area (Å²) in [5, 5.41) is 1.40. The number of aromatic nitrogens is 1. The highest BCUT2D eigenvalue weighted by Gasteiger charge is 2.07. The fourth-order valence-corrected chi connectivity index (χ4v) is 2.68. The van der Waals surface area contributed by atoms with Crippen molar-refractivity contribution >= 4 is 10.9 Å². The Morgan fingerprint density at radius 3 is 2.39 bits per heavy atom. The van der Waals surface area contributed by atoms with Crippen LogP contribution < -0.4 is 0 Å². The molecule has 0 bridgehead atoms. The van der Waals surface area contributed by atoms with E-state index in [2.05, 4.69) is 73.1 Å². The molecule has 90 valence electrons. The molecule has 0 aliphatic carbocycles. The summed E-state index contributed by atoms with van der Waals surface area (Å²) in [5.74, 6) is 0. The number of hydrogen-bond donors (Lipinski definition) is 0. The molecule has 0 aliphatic heterocycles. The predicted molar refractivity (Wildman–Crippen MR) is 77.0 cm³/mol. The zero-order chi connectivity index (χ0) is 12.5. The van der Waals surface area contributed by atoms with Crippen molar-refractivity contribution < 1.29 is 0 Å². The van der Waals surface area contributed by atoms with Crippen molar-refractivity contribution in [3.8, 4) is 0 Å². The van der Waals surface area contributed by atoms with E-state index in [4.69, 9.17) is 0 Å². The minimum Gasteiger partial charge on any atom is -0.343 e. The highest BCUT2D eigenvalue weighted by Crippen LogP contribution is 2.24. The van der Waals surface area contributed by atoms with Gasteiger partial charge in [-0.1, -0.05) is 42.5 Å². The molecule has 0 saturated carbocycles. The fraction of sp³-hybridized carbons (Fsp3) is 0.176. The highest BCUT2D eigenvalue weighted by molar-refractivity contribution is 5.87. The summed E-state index contributed by atoms with van der Waals surface area (Å²) in [5.41, 5.74) is 5.39. The fourth-order valence-electron chi connectivity index (χ4n) is 2.68. The molecule has 0 saturated heterocycles. The first-order valence-corrected chi connectivity index (χ1v) is 6.34. The van der Waals surface area contributed by atoms with Crippen LogP contribution in [0.2, 0.25) is 0 Å². The molecule has 2 aromatic carbocycles. The van der Waals surface area contributed by atoms with Crippen LogP contribution in [0.15, 0.2) is 54.7 Å². The maximum absolute atomic E-state index is 2.34. The Bertz CT molecular complexity index is 677. The molecule has 3 aromatic rings. The summed E-state index contributed by atoms with van der Waals surface area (Å²) in [4.78, 5) is 0. The Balaban J connectivity index is 2.11. The molecule has 18 heavy (non-hydrogen) atoms. The van der Waals surface area contributed by atoms with E-state index in [-0.39, 0.29) is 0 Å². The lowest BCUT2D eigenvalue weighted by Gasteiger charge is -2.06. The van der Waals surface area contributed by atoms with Gasteiger partial charge in [-0.25, -0.2) is 0 Å². The molecule has 0 amide bonds. The molecular formula is C17H17N. The highest BCUT2D eigenvalue weighted by atomic mass is 15.0. The third kappa shape index (κ3) is 1.82. The molecule has 0 unspecified atom stereocenters. The first-order chi connectivity index (χ1) is 8.75. The van der Waals surface area contributed by atoms with Gasteiger partial charge in [-0.15, -0.1) is 0 Å². The van der Waals surface area contributed by atoms with E-state index in [0.29, 0.717) is 0 Å². The van der Waals surface area contributed by atoms with E-state index in [1.807, 2.05) is 0 Å². The van der Waals surface area contributed by atoms with Crippen LogP contribution in [0.1, 0.15) is 16.7 Å². The molecule has 0 N–H and O–H groups in total. The van der Waals surface area contributed by atoms with Crippen molar-refractivity contribution in [2.24, 2.45) is 0 Å². The number of fused-ring (bicyclic) bond motifs is 1. The van der Waals surface area contributed by atoms with Gasteiger partial charge in [0, 0.05) is 23.6 Å². The summed E-state index contributed by atoms with van der Waals surface area (Å²) in [6, 6.07) is 17.1. The molecular weight excluding hydrogens is 218 g/mol. The van der Waals surface area contributed by atoms with Gasteiger partial charge < -0.3 is 4.57 Å². The molecule has 0 atom stereocenters. The van der Waals surface area contributed by atoms with Gasteiger partial charge >= 0.3 is 0 Å². The Morgan fingerprint density at radius 2 is 1.61 bits per heavy atom. The van der Waals surface area contributed by atoms with Crippen LogP contribution in [0.25, 0.3) is 10.9 Å². The average Bonchev–Trinajstić information content (AvgIpc) is 2.69. The second-order valence-electron chi connectivity index (χ2n) is 4.89. The number of aryl methyl sites for hydroxylation is 2. The maximum Gasteiger partial charge on any atom is 0.0488 e. The van der Waals surface area contributed by atoms with E-state index in [1.54, 1.807) is 0 Å². The first-order valence-electron chi connectivity index (χ1n) is 6.34. The largest absolute Gasteiger partial charge is 0.343 e. The second kappa shape index (κ2) is 4.34. The third-order valence-corrected chi connectivity index (χ3v) is 3.50. The van der Waals surface area contributed by atoms with E-state index in [9.17, 15) is 0 Å². The summed E-state index contributed by atoms with van der Waals surface area (Å²) in [7, 11) is 0. The van der Waals surface area contributed by atoms with Gasteiger partial charge in [0.15, 0.2) is 0 Å². The quantitative estimate of drug-likeness (QED) is 0.624. The Kier molecular flexibility index (Phi) is 2.67. The van der Waals surface area contributed by atoms with E-state index < -0.39 is 0 Å². The normalized spacial score (nSPS) is 11.0. The summed E-state index contributed by atoms with van der Waals surface area (Å²) < 4.78 is 2.34. The Morgan fingerprint density at radius 1 is 0.833 bits per heavy atom. The Hall–Kier alpha value is -2.02. The number of hydrogen-bond acceptors (Lipinski definition) is 0. The van der Waals surface area contributed by atoms with E-state index >= 15 is 0 Å². The van der Waals surface area contributed by atoms with Gasteiger partial charge in [0.25, 0.3) is 0 Å². The van der Waals surface area contributed by atoms with Crippen LogP contribution in [-0.2, 0) is 6.54 Å². The lowest BCUT2D eigenvalue weighted by molar-refractivity contribution is 0.834. The molecule has 0 spiro atoms. The van der Waals surface area contributed by atoms with Crippen LogP contribution in [0.3, 0.4) is 0 Å². The van der Waals surface area contributed by atoms with Crippen LogP contribution in [0, 0.1) is 13.8 Å². The minimum atomic E-state index is 0.939. The zero-order valence-corrected chi connectivity index (χ0v) is 10.9.